The van der Waals surface area contributed by atoms with E-state index in [2.05, 4.69) is 10.2 Å². The highest BCUT2D eigenvalue weighted by molar-refractivity contribution is 6.34. The Morgan fingerprint density at radius 1 is 1.06 bits per heavy atom. The predicted molar refractivity (Wildman–Crippen MR) is 125 cm³/mol. The average Bonchev–Trinajstić information content (AvgIpc) is 3.33. The molecule has 2 amide bonds. The zero-order valence-electron chi connectivity index (χ0n) is 18.3. The molecule has 2 aliphatic heterocycles. The first-order valence-corrected chi connectivity index (χ1v) is 11.0. The van der Waals surface area contributed by atoms with Crippen LogP contribution in [0.3, 0.4) is 0 Å². The molecule has 168 valence electrons. The first-order chi connectivity index (χ1) is 16.0. The quantitative estimate of drug-likeness (QED) is 0.609. The van der Waals surface area contributed by atoms with Gasteiger partial charge >= 0.3 is 0 Å². The number of para-hydroxylation sites is 1. The van der Waals surface area contributed by atoms with Crippen molar-refractivity contribution in [2.24, 2.45) is 0 Å². The van der Waals surface area contributed by atoms with Crippen molar-refractivity contribution < 1.29 is 18.4 Å². The maximum Gasteiger partial charge on any atom is 0.256 e. The number of rotatable bonds is 3. The number of hydrogen-bond acceptors (Lipinski definition) is 4. The summed E-state index contributed by atoms with van der Waals surface area (Å²) in [7, 11) is 2.02. The van der Waals surface area contributed by atoms with Gasteiger partial charge < -0.3 is 19.5 Å². The van der Waals surface area contributed by atoms with Crippen LogP contribution in [0.5, 0.6) is 0 Å². The number of anilines is 1. The molecule has 0 spiro atoms. The van der Waals surface area contributed by atoms with Crippen molar-refractivity contribution in [1.29, 1.82) is 0 Å². The first kappa shape index (κ1) is 21.2. The molecule has 7 heteroatoms. The van der Waals surface area contributed by atoms with Crippen molar-refractivity contribution >= 4 is 29.2 Å². The van der Waals surface area contributed by atoms with E-state index in [9.17, 15) is 14.0 Å². The number of nitrogens with zero attached hydrogens (tertiary/aromatic N) is 2. The molecule has 2 aromatic carbocycles. The van der Waals surface area contributed by atoms with Gasteiger partial charge in [0.1, 0.15) is 17.3 Å². The molecule has 0 bridgehead atoms. The topological polar surface area (TPSA) is 65.8 Å². The molecule has 6 nitrogen and oxygen atoms in total. The van der Waals surface area contributed by atoms with Gasteiger partial charge in [0, 0.05) is 36.4 Å². The van der Waals surface area contributed by atoms with Gasteiger partial charge in [0.2, 0.25) is 0 Å². The summed E-state index contributed by atoms with van der Waals surface area (Å²) in [4.78, 5) is 29.1. The lowest BCUT2D eigenvalue weighted by Crippen LogP contribution is -2.35. The third kappa shape index (κ3) is 4.19. The van der Waals surface area contributed by atoms with Crippen LogP contribution < -0.4 is 5.32 Å². The van der Waals surface area contributed by atoms with Gasteiger partial charge in [-0.25, -0.2) is 4.39 Å². The molecular weight excluding hydrogens is 421 g/mol. The Balaban J connectivity index is 1.37. The van der Waals surface area contributed by atoms with Crippen molar-refractivity contribution in [2.45, 2.75) is 6.42 Å². The largest absolute Gasteiger partial charge is 0.457 e. The van der Waals surface area contributed by atoms with Crippen molar-refractivity contribution in [3.63, 3.8) is 0 Å². The van der Waals surface area contributed by atoms with E-state index in [-0.39, 0.29) is 17.4 Å². The van der Waals surface area contributed by atoms with Crippen LogP contribution in [0.4, 0.5) is 10.1 Å². The Morgan fingerprint density at radius 3 is 2.76 bits per heavy atom. The number of furan rings is 1. The lowest BCUT2D eigenvalue weighted by atomic mass is 10.1. The summed E-state index contributed by atoms with van der Waals surface area (Å²) in [6.45, 7) is 2.91. The Morgan fingerprint density at radius 2 is 1.91 bits per heavy atom. The van der Waals surface area contributed by atoms with Crippen molar-refractivity contribution in [2.75, 3.05) is 38.5 Å². The van der Waals surface area contributed by atoms with Crippen LogP contribution >= 0.6 is 0 Å². The summed E-state index contributed by atoms with van der Waals surface area (Å²) in [5.74, 6) is -0.104. The number of fused-ring (bicyclic) bond motifs is 1. The minimum Gasteiger partial charge on any atom is -0.457 e. The smallest absolute Gasteiger partial charge is 0.256 e. The molecule has 3 aromatic rings. The van der Waals surface area contributed by atoms with Crippen LogP contribution in [0, 0.1) is 5.82 Å². The summed E-state index contributed by atoms with van der Waals surface area (Å²) in [6, 6.07) is 15.4. The molecule has 2 aliphatic rings. The zero-order chi connectivity index (χ0) is 22.9. The molecule has 1 aromatic heterocycles. The Bertz CT molecular complexity index is 1260. The number of nitrogens with one attached hydrogen (secondary N) is 1. The van der Waals surface area contributed by atoms with Crippen LogP contribution in [0.25, 0.3) is 23.0 Å². The highest BCUT2D eigenvalue weighted by atomic mass is 19.1. The standard InChI is InChI=1S/C26H24FN3O3/c1-29-11-4-12-30(14-13-29)26(32)20-9-7-17(15-22(20)27)24-10-8-18(33-24)16-21-19-5-2-3-6-23(19)28-25(21)31/h2-3,5-10,15-16H,4,11-14H2,1H3,(H,28,31)/b21-16+. The molecule has 0 saturated carbocycles. The molecule has 1 N–H and O–H groups in total. The van der Waals surface area contributed by atoms with E-state index in [0.29, 0.717) is 35.7 Å². The molecule has 1 fully saturated rings. The van der Waals surface area contributed by atoms with Gasteiger partial charge in [-0.1, -0.05) is 24.3 Å². The summed E-state index contributed by atoms with van der Waals surface area (Å²) < 4.78 is 20.8. The third-order valence-electron chi connectivity index (χ3n) is 6.11. The van der Waals surface area contributed by atoms with Gasteiger partial charge in [0.15, 0.2) is 0 Å². The van der Waals surface area contributed by atoms with Gasteiger partial charge in [-0.15, -0.1) is 0 Å². The summed E-state index contributed by atoms with van der Waals surface area (Å²) in [6.07, 6.45) is 2.55. The van der Waals surface area contributed by atoms with Crippen LogP contribution in [-0.2, 0) is 4.79 Å². The number of benzene rings is 2. The number of hydrogen-bond donors (Lipinski definition) is 1. The average molecular weight is 445 g/mol. The van der Waals surface area contributed by atoms with Gasteiger partial charge in [-0.05, 0) is 56.4 Å². The fourth-order valence-corrected chi connectivity index (χ4v) is 4.27. The minimum atomic E-state index is -0.574. The van der Waals surface area contributed by atoms with Crippen LogP contribution in [0.1, 0.15) is 28.1 Å². The zero-order valence-corrected chi connectivity index (χ0v) is 18.3. The molecule has 0 radical (unpaired) electrons. The van der Waals surface area contributed by atoms with Gasteiger partial charge in [0.25, 0.3) is 11.8 Å². The normalized spacial score (nSPS) is 17.7. The number of carbonyl (C=O) groups is 2. The van der Waals surface area contributed by atoms with Crippen LogP contribution in [0.15, 0.2) is 59.0 Å². The first-order valence-electron chi connectivity index (χ1n) is 11.0. The monoisotopic (exact) mass is 445 g/mol. The van der Waals surface area contributed by atoms with Crippen LogP contribution in [-0.4, -0.2) is 54.8 Å². The fourth-order valence-electron chi connectivity index (χ4n) is 4.27. The SMILES string of the molecule is CN1CCCN(C(=O)c2ccc(-c3ccc(/C=C4/C(=O)Nc5ccccc54)o3)cc2F)CC1. The number of halogens is 1. The van der Waals surface area contributed by atoms with Crippen molar-refractivity contribution in [3.8, 4) is 11.3 Å². The maximum atomic E-state index is 14.9. The summed E-state index contributed by atoms with van der Waals surface area (Å²) >= 11 is 0. The molecule has 0 atom stereocenters. The molecule has 3 heterocycles. The minimum absolute atomic E-state index is 0.0661. The van der Waals surface area contributed by atoms with E-state index in [1.165, 1.54) is 12.1 Å². The number of carbonyl (C=O) groups excluding carboxylic acids is 2. The van der Waals surface area contributed by atoms with E-state index < -0.39 is 5.82 Å². The lowest BCUT2D eigenvalue weighted by Gasteiger charge is -2.21. The molecule has 1 saturated heterocycles. The predicted octanol–water partition coefficient (Wildman–Crippen LogP) is 4.36. The van der Waals surface area contributed by atoms with Gasteiger partial charge in [0.05, 0.1) is 11.1 Å². The fraction of sp³-hybridized carbons (Fsp3) is 0.231. The van der Waals surface area contributed by atoms with E-state index >= 15 is 0 Å². The van der Waals surface area contributed by atoms with Gasteiger partial charge in [-0.3, -0.25) is 9.59 Å². The van der Waals surface area contributed by atoms with Crippen molar-refractivity contribution in [3.05, 3.63) is 77.3 Å². The van der Waals surface area contributed by atoms with E-state index in [1.54, 1.807) is 29.2 Å². The summed E-state index contributed by atoms with van der Waals surface area (Å²) in [5.41, 5.74) is 2.69. The van der Waals surface area contributed by atoms with Crippen molar-refractivity contribution in [1.82, 2.24) is 9.80 Å². The Kier molecular flexibility index (Phi) is 5.56. The van der Waals surface area contributed by atoms with E-state index in [1.807, 2.05) is 31.3 Å². The molecule has 0 unspecified atom stereocenters. The highest BCUT2D eigenvalue weighted by Crippen LogP contribution is 2.34. The second kappa shape index (κ2) is 8.67. The second-order valence-electron chi connectivity index (χ2n) is 8.40. The summed E-state index contributed by atoms with van der Waals surface area (Å²) in [5, 5.41) is 2.83. The molecule has 5 rings (SSSR count). The van der Waals surface area contributed by atoms with Gasteiger partial charge in [-0.2, -0.15) is 0 Å². The number of amides is 2. The number of likely N-dealkylation sites (N-methyl/N-ethyl adjacent to an activating group) is 1. The molecule has 0 aliphatic carbocycles. The highest BCUT2D eigenvalue weighted by Gasteiger charge is 2.24. The molecular formula is C26H24FN3O3. The van der Waals surface area contributed by atoms with E-state index in [0.717, 1.165) is 30.8 Å². The van der Waals surface area contributed by atoms with Crippen LogP contribution in [0.2, 0.25) is 0 Å². The van der Waals surface area contributed by atoms with E-state index in [4.69, 9.17) is 4.42 Å². The Hall–Kier alpha value is -3.71. The Labute approximate surface area is 191 Å². The third-order valence-corrected chi connectivity index (χ3v) is 6.11. The lowest BCUT2D eigenvalue weighted by molar-refractivity contribution is -0.110. The maximum absolute atomic E-state index is 14.9. The second-order valence-corrected chi connectivity index (χ2v) is 8.40. The molecule has 33 heavy (non-hydrogen) atoms.